The number of aliphatic hydroxyl groups excluding tert-OH is 1. The minimum atomic E-state index is -1.09. The minimum absolute atomic E-state index is 0.0560. The molecule has 1 heterocycles. The summed E-state index contributed by atoms with van der Waals surface area (Å²) in [4.78, 5) is 27.6. The summed E-state index contributed by atoms with van der Waals surface area (Å²) in [5.41, 5.74) is 4.40. The Bertz CT molecular complexity index is 807. The number of hydrogen-bond donors (Lipinski definition) is 3. The summed E-state index contributed by atoms with van der Waals surface area (Å²) in [6.45, 7) is 7.16. The molecule has 0 fully saturated rings. The number of pyridine rings is 1. The number of benzene rings is 1. The maximum Gasteiger partial charge on any atom is 0.337 e. The van der Waals surface area contributed by atoms with Crippen LogP contribution >= 0.6 is 0 Å². The maximum absolute atomic E-state index is 12.5. The van der Waals surface area contributed by atoms with Gasteiger partial charge in [-0.05, 0) is 56.5 Å². The first-order valence-corrected chi connectivity index (χ1v) is 7.95. The number of aliphatic hydroxyl groups is 1. The van der Waals surface area contributed by atoms with Gasteiger partial charge in [0.1, 0.15) is 5.69 Å². The van der Waals surface area contributed by atoms with Gasteiger partial charge in [0.05, 0.1) is 23.9 Å². The molecule has 0 bridgehead atoms. The minimum Gasteiger partial charge on any atom is -0.478 e. The topological polar surface area (TPSA) is 99.5 Å². The molecule has 3 N–H and O–H groups in total. The standard InChI is InChI=1S/C19H22N2O4/c1-10-7-11(2)17(12(3)8-10)16(9-22)21-18(23)15-6-5-14(19(24)25)13(4)20-15/h5-8,16,22H,9H2,1-4H3,(H,21,23)(H,24,25). The molecule has 0 aliphatic rings. The van der Waals surface area contributed by atoms with Crippen LogP contribution in [-0.4, -0.2) is 33.7 Å². The van der Waals surface area contributed by atoms with Crippen molar-refractivity contribution in [3.05, 3.63) is 63.5 Å². The number of hydrogen-bond acceptors (Lipinski definition) is 4. The largest absolute Gasteiger partial charge is 0.478 e. The van der Waals surface area contributed by atoms with E-state index in [1.165, 1.54) is 19.1 Å². The Labute approximate surface area is 146 Å². The van der Waals surface area contributed by atoms with Gasteiger partial charge in [0.25, 0.3) is 5.91 Å². The lowest BCUT2D eigenvalue weighted by molar-refractivity contribution is 0.0694. The van der Waals surface area contributed by atoms with Crippen molar-refractivity contribution in [2.24, 2.45) is 0 Å². The van der Waals surface area contributed by atoms with Crippen molar-refractivity contribution in [2.45, 2.75) is 33.7 Å². The van der Waals surface area contributed by atoms with E-state index in [1.807, 2.05) is 32.9 Å². The fourth-order valence-corrected chi connectivity index (χ4v) is 3.10. The fourth-order valence-electron chi connectivity index (χ4n) is 3.10. The number of nitrogens with one attached hydrogen (secondary N) is 1. The van der Waals surface area contributed by atoms with Crippen molar-refractivity contribution in [1.29, 1.82) is 0 Å². The molecular formula is C19H22N2O4. The molecule has 1 unspecified atom stereocenters. The van der Waals surface area contributed by atoms with Gasteiger partial charge in [-0.3, -0.25) is 4.79 Å². The highest BCUT2D eigenvalue weighted by molar-refractivity contribution is 5.94. The highest BCUT2D eigenvalue weighted by Gasteiger charge is 2.20. The molecule has 1 aromatic heterocycles. The van der Waals surface area contributed by atoms with Crippen molar-refractivity contribution in [2.75, 3.05) is 6.61 Å². The van der Waals surface area contributed by atoms with Crippen LogP contribution in [0.15, 0.2) is 24.3 Å². The number of carbonyl (C=O) groups excluding carboxylic acids is 1. The first kappa shape index (κ1) is 18.6. The zero-order chi connectivity index (χ0) is 18.7. The molecule has 132 valence electrons. The van der Waals surface area contributed by atoms with Gasteiger partial charge in [0.15, 0.2) is 0 Å². The van der Waals surface area contributed by atoms with Gasteiger partial charge < -0.3 is 15.5 Å². The molecule has 0 aliphatic heterocycles. The quantitative estimate of drug-likeness (QED) is 0.775. The lowest BCUT2D eigenvalue weighted by Crippen LogP contribution is -2.32. The monoisotopic (exact) mass is 342 g/mol. The lowest BCUT2D eigenvalue weighted by Gasteiger charge is -2.21. The third kappa shape index (κ3) is 4.03. The highest BCUT2D eigenvalue weighted by atomic mass is 16.4. The third-order valence-corrected chi connectivity index (χ3v) is 4.12. The van der Waals surface area contributed by atoms with E-state index in [2.05, 4.69) is 10.3 Å². The number of amides is 1. The number of carboxylic acid groups (broad SMARTS) is 1. The van der Waals surface area contributed by atoms with Crippen LogP contribution < -0.4 is 5.32 Å². The van der Waals surface area contributed by atoms with Gasteiger partial charge >= 0.3 is 5.97 Å². The molecule has 0 saturated heterocycles. The second kappa shape index (κ2) is 7.44. The zero-order valence-electron chi connectivity index (χ0n) is 14.8. The second-order valence-corrected chi connectivity index (χ2v) is 6.16. The van der Waals surface area contributed by atoms with Crippen LogP contribution in [0.25, 0.3) is 0 Å². The molecule has 1 atom stereocenters. The number of aromatic nitrogens is 1. The molecule has 0 radical (unpaired) electrons. The average Bonchev–Trinajstić information content (AvgIpc) is 2.52. The van der Waals surface area contributed by atoms with E-state index < -0.39 is 17.9 Å². The van der Waals surface area contributed by atoms with E-state index >= 15 is 0 Å². The van der Waals surface area contributed by atoms with Crippen molar-refractivity contribution in [3.63, 3.8) is 0 Å². The molecule has 0 aliphatic carbocycles. The third-order valence-electron chi connectivity index (χ3n) is 4.12. The van der Waals surface area contributed by atoms with E-state index in [-0.39, 0.29) is 23.6 Å². The number of aryl methyl sites for hydroxylation is 4. The molecule has 2 rings (SSSR count). The molecule has 0 saturated carbocycles. The van der Waals surface area contributed by atoms with Crippen LogP contribution in [0.5, 0.6) is 0 Å². The normalized spacial score (nSPS) is 11.9. The summed E-state index contributed by atoms with van der Waals surface area (Å²) in [7, 11) is 0. The number of aromatic carboxylic acids is 1. The molecule has 0 spiro atoms. The van der Waals surface area contributed by atoms with Gasteiger partial charge in [-0.1, -0.05) is 17.7 Å². The summed E-state index contributed by atoms with van der Waals surface area (Å²) in [6, 6.07) is 6.17. The maximum atomic E-state index is 12.5. The second-order valence-electron chi connectivity index (χ2n) is 6.16. The predicted molar refractivity (Wildman–Crippen MR) is 93.9 cm³/mol. The van der Waals surface area contributed by atoms with Crippen molar-refractivity contribution < 1.29 is 19.8 Å². The van der Waals surface area contributed by atoms with E-state index in [4.69, 9.17) is 5.11 Å². The van der Waals surface area contributed by atoms with E-state index in [1.54, 1.807) is 0 Å². The summed E-state index contributed by atoms with van der Waals surface area (Å²) in [6.07, 6.45) is 0. The zero-order valence-corrected chi connectivity index (χ0v) is 14.8. The molecule has 25 heavy (non-hydrogen) atoms. The van der Waals surface area contributed by atoms with Gasteiger partial charge in [-0.2, -0.15) is 0 Å². The van der Waals surface area contributed by atoms with Crippen LogP contribution in [0, 0.1) is 27.7 Å². The lowest BCUT2D eigenvalue weighted by atomic mass is 9.94. The Kier molecular flexibility index (Phi) is 5.54. The Morgan fingerprint density at radius 2 is 1.72 bits per heavy atom. The average molecular weight is 342 g/mol. The molecule has 1 aromatic carbocycles. The summed E-state index contributed by atoms with van der Waals surface area (Å²) < 4.78 is 0. The van der Waals surface area contributed by atoms with Gasteiger partial charge in [0.2, 0.25) is 0 Å². The van der Waals surface area contributed by atoms with E-state index in [0.717, 1.165) is 22.3 Å². The molecule has 1 amide bonds. The summed E-state index contributed by atoms with van der Waals surface area (Å²) >= 11 is 0. The summed E-state index contributed by atoms with van der Waals surface area (Å²) in [5, 5.41) is 21.6. The van der Waals surface area contributed by atoms with Gasteiger partial charge in [0, 0.05) is 0 Å². The Morgan fingerprint density at radius 1 is 1.12 bits per heavy atom. The van der Waals surface area contributed by atoms with Crippen molar-refractivity contribution in [3.8, 4) is 0 Å². The highest BCUT2D eigenvalue weighted by Crippen LogP contribution is 2.23. The van der Waals surface area contributed by atoms with Crippen LogP contribution in [0.2, 0.25) is 0 Å². The molecule has 6 heteroatoms. The first-order valence-electron chi connectivity index (χ1n) is 7.95. The predicted octanol–water partition coefficient (Wildman–Crippen LogP) is 2.48. The molecular weight excluding hydrogens is 320 g/mol. The van der Waals surface area contributed by atoms with Gasteiger partial charge in [-0.25, -0.2) is 9.78 Å². The SMILES string of the molecule is Cc1cc(C)c(C(CO)NC(=O)c2ccc(C(=O)O)c(C)n2)c(C)c1. The fraction of sp³-hybridized carbons (Fsp3) is 0.316. The van der Waals surface area contributed by atoms with Crippen molar-refractivity contribution in [1.82, 2.24) is 10.3 Å². The number of carbonyl (C=O) groups is 2. The van der Waals surface area contributed by atoms with Crippen LogP contribution in [0.4, 0.5) is 0 Å². The molecule has 2 aromatic rings. The smallest absolute Gasteiger partial charge is 0.337 e. The number of nitrogens with zero attached hydrogens (tertiary/aromatic N) is 1. The van der Waals surface area contributed by atoms with E-state index in [0.29, 0.717) is 0 Å². The Balaban J connectivity index is 2.29. The van der Waals surface area contributed by atoms with E-state index in [9.17, 15) is 14.7 Å². The Hall–Kier alpha value is -2.73. The van der Waals surface area contributed by atoms with Crippen LogP contribution in [0.3, 0.4) is 0 Å². The number of rotatable bonds is 5. The summed E-state index contributed by atoms with van der Waals surface area (Å²) in [5.74, 6) is -1.55. The number of carboxylic acids is 1. The van der Waals surface area contributed by atoms with Crippen molar-refractivity contribution >= 4 is 11.9 Å². The Morgan fingerprint density at radius 3 is 2.20 bits per heavy atom. The van der Waals surface area contributed by atoms with Gasteiger partial charge in [-0.15, -0.1) is 0 Å². The van der Waals surface area contributed by atoms with Crippen LogP contribution in [-0.2, 0) is 0 Å². The van der Waals surface area contributed by atoms with Crippen LogP contribution in [0.1, 0.15) is 54.8 Å². The molecule has 6 nitrogen and oxygen atoms in total. The first-order chi connectivity index (χ1) is 11.7.